The van der Waals surface area contributed by atoms with Crippen molar-refractivity contribution in [1.29, 1.82) is 0 Å². The molecule has 0 spiro atoms. The molecule has 8 heteroatoms. The van der Waals surface area contributed by atoms with Gasteiger partial charge < -0.3 is 19.7 Å². The van der Waals surface area contributed by atoms with Crippen LogP contribution in [0.3, 0.4) is 0 Å². The number of ether oxygens (including phenoxy) is 2. The number of likely N-dealkylation sites (tertiary alicyclic amines) is 1. The summed E-state index contributed by atoms with van der Waals surface area (Å²) in [7, 11) is 0. The van der Waals surface area contributed by atoms with Gasteiger partial charge in [0.1, 0.15) is 18.8 Å². The highest BCUT2D eigenvalue weighted by Crippen LogP contribution is 2.23. The lowest BCUT2D eigenvalue weighted by atomic mass is 10.2. The van der Waals surface area contributed by atoms with E-state index in [0.29, 0.717) is 12.5 Å². The Bertz CT molecular complexity index is 554. The summed E-state index contributed by atoms with van der Waals surface area (Å²) in [4.78, 5) is 27.1. The average molecular weight is 308 g/mol. The number of aromatic nitrogens is 1. The third kappa shape index (κ3) is 3.66. The molecule has 1 aliphatic heterocycles. The molecule has 1 aromatic heterocycles. The molecule has 0 aromatic carbocycles. The van der Waals surface area contributed by atoms with Gasteiger partial charge in [-0.3, -0.25) is 4.90 Å². The molecule has 1 amide bonds. The summed E-state index contributed by atoms with van der Waals surface area (Å²) in [5, 5.41) is 18.1. The molecule has 22 heavy (non-hydrogen) atoms. The Morgan fingerprint density at radius 1 is 1.41 bits per heavy atom. The van der Waals surface area contributed by atoms with E-state index in [0.717, 1.165) is 4.90 Å². The SMILES string of the molecule is C=CCOc1cccc(O[C@@H]2C[C@@H](C(=O)O)N(C(=O)O)C2)n1. The summed E-state index contributed by atoms with van der Waals surface area (Å²) in [5.74, 6) is -0.590. The van der Waals surface area contributed by atoms with E-state index in [9.17, 15) is 9.59 Å². The van der Waals surface area contributed by atoms with Gasteiger partial charge in [-0.1, -0.05) is 18.7 Å². The van der Waals surface area contributed by atoms with Crippen molar-refractivity contribution < 1.29 is 29.3 Å². The maximum atomic E-state index is 11.1. The van der Waals surface area contributed by atoms with Gasteiger partial charge in [-0.25, -0.2) is 9.59 Å². The van der Waals surface area contributed by atoms with Crippen LogP contribution in [-0.4, -0.2) is 57.5 Å². The molecule has 1 saturated heterocycles. The van der Waals surface area contributed by atoms with Gasteiger partial charge in [0.05, 0.1) is 6.54 Å². The van der Waals surface area contributed by atoms with Crippen LogP contribution in [-0.2, 0) is 4.79 Å². The Balaban J connectivity index is 2.03. The second-order valence-electron chi connectivity index (χ2n) is 4.68. The van der Waals surface area contributed by atoms with Crippen molar-refractivity contribution in [3.63, 3.8) is 0 Å². The van der Waals surface area contributed by atoms with E-state index in [4.69, 9.17) is 19.7 Å². The molecule has 118 valence electrons. The normalized spacial score (nSPS) is 20.5. The van der Waals surface area contributed by atoms with E-state index >= 15 is 0 Å². The van der Waals surface area contributed by atoms with Crippen LogP contribution >= 0.6 is 0 Å². The molecule has 2 heterocycles. The van der Waals surface area contributed by atoms with Crippen LogP contribution in [0.4, 0.5) is 4.79 Å². The summed E-state index contributed by atoms with van der Waals surface area (Å²) in [6, 6.07) is 3.82. The van der Waals surface area contributed by atoms with Crippen LogP contribution in [0.1, 0.15) is 6.42 Å². The number of aliphatic carboxylic acids is 1. The minimum Gasteiger partial charge on any atom is -0.480 e. The van der Waals surface area contributed by atoms with Crippen LogP contribution < -0.4 is 9.47 Å². The summed E-state index contributed by atoms with van der Waals surface area (Å²) in [6.45, 7) is 3.81. The molecule has 0 bridgehead atoms. The predicted molar refractivity (Wildman–Crippen MR) is 75.1 cm³/mol. The van der Waals surface area contributed by atoms with Crippen molar-refractivity contribution >= 4 is 12.1 Å². The molecule has 2 N–H and O–H groups in total. The van der Waals surface area contributed by atoms with E-state index in [2.05, 4.69) is 11.6 Å². The molecule has 1 fully saturated rings. The molecule has 8 nitrogen and oxygen atoms in total. The van der Waals surface area contributed by atoms with E-state index in [-0.39, 0.29) is 18.8 Å². The van der Waals surface area contributed by atoms with Crippen molar-refractivity contribution in [2.75, 3.05) is 13.2 Å². The number of pyridine rings is 1. The van der Waals surface area contributed by atoms with Gasteiger partial charge in [0.15, 0.2) is 0 Å². The zero-order valence-corrected chi connectivity index (χ0v) is 11.7. The summed E-state index contributed by atoms with van der Waals surface area (Å²) in [5.41, 5.74) is 0. The number of hydrogen-bond donors (Lipinski definition) is 2. The molecule has 0 aliphatic carbocycles. The Kier molecular flexibility index (Phi) is 4.82. The fraction of sp³-hybridized carbons (Fsp3) is 0.357. The molecule has 0 radical (unpaired) electrons. The van der Waals surface area contributed by atoms with Crippen molar-refractivity contribution in [3.8, 4) is 11.8 Å². The topological polar surface area (TPSA) is 109 Å². The number of rotatable bonds is 6. The second kappa shape index (κ2) is 6.79. The third-order valence-corrected chi connectivity index (χ3v) is 3.13. The fourth-order valence-electron chi connectivity index (χ4n) is 2.19. The highest BCUT2D eigenvalue weighted by Gasteiger charge is 2.41. The number of carboxylic acids is 1. The first kappa shape index (κ1) is 15.6. The zero-order chi connectivity index (χ0) is 16.1. The van der Waals surface area contributed by atoms with E-state index in [1.807, 2.05) is 0 Å². The van der Waals surface area contributed by atoms with Gasteiger partial charge in [-0.2, -0.15) is 4.98 Å². The lowest BCUT2D eigenvalue weighted by molar-refractivity contribution is -0.141. The maximum absolute atomic E-state index is 11.1. The fourth-order valence-corrected chi connectivity index (χ4v) is 2.19. The monoisotopic (exact) mass is 308 g/mol. The lowest BCUT2D eigenvalue weighted by Gasteiger charge is -2.16. The predicted octanol–water partition coefficient (Wildman–Crippen LogP) is 1.23. The minimum atomic E-state index is -1.28. The largest absolute Gasteiger partial charge is 0.480 e. The first-order valence-electron chi connectivity index (χ1n) is 6.61. The van der Waals surface area contributed by atoms with E-state index in [1.54, 1.807) is 24.3 Å². The molecule has 1 aromatic rings. The first-order chi connectivity index (χ1) is 10.5. The number of hydrogen-bond acceptors (Lipinski definition) is 5. The minimum absolute atomic E-state index is 0.0221. The Morgan fingerprint density at radius 2 is 2.14 bits per heavy atom. The Morgan fingerprint density at radius 3 is 2.73 bits per heavy atom. The van der Waals surface area contributed by atoms with Crippen LogP contribution in [0.5, 0.6) is 11.8 Å². The summed E-state index contributed by atoms with van der Waals surface area (Å²) < 4.78 is 10.8. The lowest BCUT2D eigenvalue weighted by Crippen LogP contribution is -2.39. The van der Waals surface area contributed by atoms with Crippen molar-refractivity contribution in [2.24, 2.45) is 0 Å². The second-order valence-corrected chi connectivity index (χ2v) is 4.68. The molecule has 2 rings (SSSR count). The van der Waals surface area contributed by atoms with Crippen molar-refractivity contribution in [2.45, 2.75) is 18.6 Å². The van der Waals surface area contributed by atoms with Gasteiger partial charge in [0.2, 0.25) is 11.8 Å². The smallest absolute Gasteiger partial charge is 0.408 e. The number of amides is 1. The number of carboxylic acid groups (broad SMARTS) is 2. The van der Waals surface area contributed by atoms with Gasteiger partial charge in [-0.15, -0.1) is 0 Å². The van der Waals surface area contributed by atoms with Crippen molar-refractivity contribution in [1.82, 2.24) is 9.88 Å². The standard InChI is InChI=1S/C14H16N2O6/c1-2-6-21-11-4-3-5-12(15-11)22-9-7-10(13(17)18)16(8-9)14(19)20/h2-5,9-10H,1,6-8H2,(H,17,18)(H,19,20)/t9-,10+/m1/s1. The number of nitrogens with zero attached hydrogens (tertiary/aromatic N) is 2. The van der Waals surface area contributed by atoms with Gasteiger partial charge in [0, 0.05) is 18.6 Å². The van der Waals surface area contributed by atoms with Gasteiger partial charge in [-0.05, 0) is 0 Å². The molecule has 0 saturated carbocycles. The van der Waals surface area contributed by atoms with Crippen LogP contribution in [0.25, 0.3) is 0 Å². The highest BCUT2D eigenvalue weighted by molar-refractivity contribution is 5.80. The Labute approximate surface area is 126 Å². The van der Waals surface area contributed by atoms with Crippen LogP contribution in [0, 0.1) is 0 Å². The molecule has 1 aliphatic rings. The molecule has 2 atom stereocenters. The average Bonchev–Trinajstić information content (AvgIpc) is 2.90. The quantitative estimate of drug-likeness (QED) is 0.761. The van der Waals surface area contributed by atoms with Crippen LogP contribution in [0.15, 0.2) is 30.9 Å². The van der Waals surface area contributed by atoms with Crippen LogP contribution in [0.2, 0.25) is 0 Å². The highest BCUT2D eigenvalue weighted by atomic mass is 16.5. The van der Waals surface area contributed by atoms with Crippen molar-refractivity contribution in [3.05, 3.63) is 30.9 Å². The summed E-state index contributed by atoms with van der Waals surface area (Å²) in [6.07, 6.45) is -0.205. The zero-order valence-electron chi connectivity index (χ0n) is 11.7. The molecular weight excluding hydrogens is 292 g/mol. The number of carbonyl (C=O) groups is 2. The van der Waals surface area contributed by atoms with Gasteiger partial charge >= 0.3 is 12.1 Å². The van der Waals surface area contributed by atoms with Gasteiger partial charge in [0.25, 0.3) is 0 Å². The Hall–Kier alpha value is -2.77. The molecular formula is C14H16N2O6. The first-order valence-corrected chi connectivity index (χ1v) is 6.61. The van der Waals surface area contributed by atoms with E-state index < -0.39 is 24.2 Å². The third-order valence-electron chi connectivity index (χ3n) is 3.13. The van der Waals surface area contributed by atoms with E-state index in [1.165, 1.54) is 0 Å². The summed E-state index contributed by atoms with van der Waals surface area (Å²) >= 11 is 0. The maximum Gasteiger partial charge on any atom is 0.408 e. The molecule has 0 unspecified atom stereocenters.